The molecule has 2 aliphatic heterocycles. The summed E-state index contributed by atoms with van der Waals surface area (Å²) in [6, 6.07) is 32.2. The first-order valence-corrected chi connectivity index (χ1v) is 20.7. The number of nitrogens with one attached hydrogen (secondary N) is 1. The van der Waals surface area contributed by atoms with Gasteiger partial charge in [-0.15, -0.1) is 0 Å². The van der Waals surface area contributed by atoms with E-state index in [0.717, 1.165) is 33.2 Å². The van der Waals surface area contributed by atoms with Gasteiger partial charge >= 0.3 is 11.4 Å². The molecule has 16 heteroatoms. The summed E-state index contributed by atoms with van der Waals surface area (Å²) >= 11 is 0. The summed E-state index contributed by atoms with van der Waals surface area (Å²) in [7, 11) is 2.82. The third kappa shape index (κ3) is 6.51. The minimum absolute atomic E-state index is 0.00389. The molecule has 5 aromatic carbocycles. The van der Waals surface area contributed by atoms with Crippen molar-refractivity contribution in [2.24, 2.45) is 23.7 Å². The number of phenolic OH excluding ortho intramolecular Hbond substituents is 1. The number of phenols is 1. The molecule has 2 N–H and O–H groups in total. The van der Waals surface area contributed by atoms with Crippen molar-refractivity contribution in [2.75, 3.05) is 29.3 Å². The maximum absolute atomic E-state index is 15.5. The van der Waals surface area contributed by atoms with E-state index in [9.17, 15) is 34.9 Å². The van der Waals surface area contributed by atoms with Crippen molar-refractivity contribution in [1.82, 2.24) is 5.01 Å². The Morgan fingerprint density at radius 3 is 2.06 bits per heavy atom. The number of imide groups is 2. The molecule has 0 radical (unpaired) electrons. The summed E-state index contributed by atoms with van der Waals surface area (Å²) in [5, 5.41) is 37.7. The van der Waals surface area contributed by atoms with Gasteiger partial charge in [-0.2, -0.15) is 5.01 Å². The van der Waals surface area contributed by atoms with Crippen LogP contribution in [0.2, 0.25) is 0 Å². The van der Waals surface area contributed by atoms with E-state index in [1.165, 1.54) is 25.1 Å². The lowest BCUT2D eigenvalue weighted by molar-refractivity contribution is -0.392. The standard InChI is InChI=1S/C48H42N6O10/c1-27-14-16-30(17-15-27)49-52-45(57)37-25-36-33(20-21-35-41(36)46(58)51(44(35)56)31-22-38(53(60)61)43(50(2)3)39(23-31)54(62)63)42(48(37,47(52)59)29-12-8-5-9-13-29)34-19-18-32(24-40(34)55)64-26-28-10-6-4-7-11-28/h4-20,22-24,35-37,41-42,49,55H,21,25-26H2,1-3H3. The molecular formula is C48H42N6O10. The number of fused-ring (bicyclic) bond motifs is 4. The molecule has 2 saturated heterocycles. The van der Waals surface area contributed by atoms with Crippen molar-refractivity contribution in [3.8, 4) is 11.5 Å². The number of nitro benzene ring substituents is 2. The normalized spacial score (nSPS) is 23.5. The average molecular weight is 863 g/mol. The molecule has 0 bridgehead atoms. The van der Waals surface area contributed by atoms with Crippen LogP contribution in [0, 0.1) is 50.8 Å². The van der Waals surface area contributed by atoms with Gasteiger partial charge in [0.05, 0.1) is 44.4 Å². The Bertz CT molecular complexity index is 2760. The van der Waals surface area contributed by atoms with E-state index in [-0.39, 0.29) is 42.1 Å². The van der Waals surface area contributed by atoms with Crippen molar-refractivity contribution in [3.63, 3.8) is 0 Å². The van der Waals surface area contributed by atoms with Gasteiger partial charge in [0.15, 0.2) is 5.69 Å². The molecule has 6 atom stereocenters. The molecule has 0 spiro atoms. The van der Waals surface area contributed by atoms with Crippen LogP contribution >= 0.6 is 0 Å². The second kappa shape index (κ2) is 15.8. The van der Waals surface area contributed by atoms with Crippen molar-refractivity contribution in [1.29, 1.82) is 0 Å². The quantitative estimate of drug-likeness (QED) is 0.0579. The second-order valence-electron chi connectivity index (χ2n) is 16.8. The zero-order valence-electron chi connectivity index (χ0n) is 34.9. The summed E-state index contributed by atoms with van der Waals surface area (Å²) < 4.78 is 6.06. The zero-order chi connectivity index (χ0) is 45.2. The summed E-state index contributed by atoms with van der Waals surface area (Å²) in [6.07, 6.45) is 1.73. The first-order valence-electron chi connectivity index (χ1n) is 20.7. The lowest BCUT2D eigenvalue weighted by atomic mass is 9.49. The number of anilines is 3. The van der Waals surface area contributed by atoms with Crippen LogP contribution in [0.15, 0.2) is 127 Å². The summed E-state index contributed by atoms with van der Waals surface area (Å²) in [5.41, 5.74) is 3.06. The summed E-state index contributed by atoms with van der Waals surface area (Å²) in [6.45, 7) is 2.11. The molecule has 6 unspecified atom stereocenters. The highest BCUT2D eigenvalue weighted by atomic mass is 16.6. The van der Waals surface area contributed by atoms with Crippen LogP contribution in [0.25, 0.3) is 0 Å². The van der Waals surface area contributed by atoms with Gasteiger partial charge in [-0.25, -0.2) is 4.90 Å². The first-order chi connectivity index (χ1) is 30.7. The van der Waals surface area contributed by atoms with Gasteiger partial charge in [-0.3, -0.25) is 44.8 Å². The number of allylic oxidation sites excluding steroid dienone is 2. The number of benzene rings is 5. The predicted octanol–water partition coefficient (Wildman–Crippen LogP) is 7.35. The fourth-order valence-corrected chi connectivity index (χ4v) is 10.4. The molecule has 9 rings (SSSR count). The second-order valence-corrected chi connectivity index (χ2v) is 16.8. The van der Waals surface area contributed by atoms with Crippen molar-refractivity contribution in [3.05, 3.63) is 169 Å². The summed E-state index contributed by atoms with van der Waals surface area (Å²) in [4.78, 5) is 85.0. The number of ether oxygens (including phenoxy) is 1. The number of rotatable bonds is 11. The maximum atomic E-state index is 15.5. The van der Waals surface area contributed by atoms with Crippen LogP contribution in [0.5, 0.6) is 11.5 Å². The Labute approximate surface area is 366 Å². The number of aromatic hydroxyl groups is 1. The Kier molecular flexibility index (Phi) is 10.2. The fourth-order valence-electron chi connectivity index (χ4n) is 10.4. The Balaban J connectivity index is 1.19. The number of aryl methyl sites for hydroxylation is 1. The number of carbonyl (C=O) groups excluding carboxylic acids is 4. The molecule has 5 aromatic rings. The molecule has 2 aliphatic carbocycles. The van der Waals surface area contributed by atoms with Crippen LogP contribution in [0.1, 0.15) is 41.0 Å². The number of carbonyl (C=O) groups is 4. The molecule has 2 heterocycles. The number of hydrogen-bond acceptors (Lipinski definition) is 12. The van der Waals surface area contributed by atoms with Crippen LogP contribution in [0.3, 0.4) is 0 Å². The smallest absolute Gasteiger partial charge is 0.301 e. The van der Waals surface area contributed by atoms with Crippen molar-refractivity contribution in [2.45, 2.75) is 37.7 Å². The highest BCUT2D eigenvalue weighted by Crippen LogP contribution is 2.65. The van der Waals surface area contributed by atoms with Gasteiger partial charge in [0.2, 0.25) is 11.8 Å². The lowest BCUT2D eigenvalue weighted by Gasteiger charge is -2.50. The SMILES string of the molecule is Cc1ccc(NN2C(=O)C3CC4C(=CCC5C(=O)N(c6cc([N+](=O)[O-])c(N(C)C)c([N+](=O)[O-])c6)C(=O)C54)C(c4ccc(OCc5ccccc5)cc4O)C3(c3ccccc3)C2=O)cc1. The van der Waals surface area contributed by atoms with Gasteiger partial charge in [0.25, 0.3) is 11.8 Å². The lowest BCUT2D eigenvalue weighted by Crippen LogP contribution is -2.53. The molecule has 0 aromatic heterocycles. The molecule has 4 aliphatic rings. The van der Waals surface area contributed by atoms with Gasteiger partial charge < -0.3 is 14.7 Å². The predicted molar refractivity (Wildman–Crippen MR) is 234 cm³/mol. The van der Waals surface area contributed by atoms with E-state index >= 15 is 9.59 Å². The molecule has 16 nitrogen and oxygen atoms in total. The largest absolute Gasteiger partial charge is 0.508 e. The minimum atomic E-state index is -1.68. The van der Waals surface area contributed by atoms with Gasteiger partial charge in [0, 0.05) is 43.8 Å². The average Bonchev–Trinajstić information content (AvgIpc) is 3.67. The highest BCUT2D eigenvalue weighted by molar-refractivity contribution is 6.23. The Morgan fingerprint density at radius 2 is 1.45 bits per heavy atom. The third-order valence-electron chi connectivity index (χ3n) is 13.1. The van der Waals surface area contributed by atoms with Crippen LogP contribution < -0.4 is 20.0 Å². The van der Waals surface area contributed by atoms with E-state index in [1.807, 2.05) is 49.4 Å². The maximum Gasteiger partial charge on any atom is 0.301 e. The Morgan fingerprint density at radius 1 is 0.812 bits per heavy atom. The van der Waals surface area contributed by atoms with Gasteiger partial charge in [-0.1, -0.05) is 96.1 Å². The molecule has 3 fully saturated rings. The van der Waals surface area contributed by atoms with E-state index in [4.69, 9.17) is 4.74 Å². The zero-order valence-corrected chi connectivity index (χ0v) is 34.9. The van der Waals surface area contributed by atoms with Gasteiger partial charge in [-0.05, 0) is 55.0 Å². The van der Waals surface area contributed by atoms with E-state index in [2.05, 4.69) is 5.43 Å². The molecule has 64 heavy (non-hydrogen) atoms. The van der Waals surface area contributed by atoms with E-state index in [1.54, 1.807) is 60.7 Å². The molecule has 4 amide bonds. The van der Waals surface area contributed by atoms with Crippen LogP contribution in [-0.2, 0) is 31.2 Å². The summed E-state index contributed by atoms with van der Waals surface area (Å²) in [5.74, 6) is -7.71. The first kappa shape index (κ1) is 41.5. The molecular weight excluding hydrogens is 821 g/mol. The molecule has 324 valence electrons. The minimum Gasteiger partial charge on any atom is -0.508 e. The van der Waals surface area contributed by atoms with Gasteiger partial charge in [0.1, 0.15) is 18.1 Å². The van der Waals surface area contributed by atoms with Crippen LogP contribution in [0.4, 0.5) is 28.4 Å². The van der Waals surface area contributed by atoms with Crippen molar-refractivity contribution >= 4 is 52.1 Å². The van der Waals surface area contributed by atoms with E-state index in [0.29, 0.717) is 22.6 Å². The number of hydrazine groups is 1. The number of nitro groups is 2. The molecule has 1 saturated carbocycles. The fraction of sp³-hybridized carbons (Fsp3) is 0.250. The monoisotopic (exact) mass is 862 g/mol. The van der Waals surface area contributed by atoms with Crippen molar-refractivity contribution < 1.29 is 38.9 Å². The van der Waals surface area contributed by atoms with E-state index < -0.39 is 79.9 Å². The van der Waals surface area contributed by atoms with Crippen LogP contribution in [-0.4, -0.2) is 57.7 Å². The number of hydrogen-bond donors (Lipinski definition) is 2. The number of nitrogens with zero attached hydrogens (tertiary/aromatic N) is 5. The Hall–Kier alpha value is -7.88. The highest BCUT2D eigenvalue weighted by Gasteiger charge is 2.70. The third-order valence-corrected chi connectivity index (χ3v) is 13.1. The number of amides is 4. The topological polar surface area (TPSA) is 206 Å².